The van der Waals surface area contributed by atoms with Crippen molar-refractivity contribution in [2.24, 2.45) is 0 Å². The lowest BCUT2D eigenvalue weighted by molar-refractivity contribution is -0.142. The fourth-order valence-electron chi connectivity index (χ4n) is 12.0. The highest BCUT2D eigenvalue weighted by Gasteiger charge is 2.41. The Morgan fingerprint density at radius 1 is 0.317 bits per heavy atom. The number of nitriles is 1. The average Bonchev–Trinajstić information content (AvgIpc) is 2.97. The van der Waals surface area contributed by atoms with Crippen molar-refractivity contribution in [1.29, 1.82) is 5.26 Å². The molecule has 0 N–H and O–H groups in total. The third-order valence-corrected chi connectivity index (χ3v) is 15.8. The van der Waals surface area contributed by atoms with Gasteiger partial charge in [0.25, 0.3) is 0 Å². The van der Waals surface area contributed by atoms with E-state index < -0.39 is 29.0 Å². The molecule has 0 saturated heterocycles. The minimum atomic E-state index is -5.16. The monoisotopic (exact) mass is 1080 g/mol. The summed E-state index contributed by atoms with van der Waals surface area (Å²) >= 11 is 0. The van der Waals surface area contributed by atoms with Gasteiger partial charge in [0.15, 0.2) is 0 Å². The largest absolute Gasteiger partial charge is 0.417 e. The highest BCUT2D eigenvalue weighted by molar-refractivity contribution is 6.14. The van der Waals surface area contributed by atoms with E-state index >= 15 is 26.3 Å². The smallest absolute Gasteiger partial charge is 0.309 e. The minimum Gasteiger partial charge on any atom is -0.309 e. The molecular formula is C73H49F6N3. The Morgan fingerprint density at radius 2 is 0.622 bits per heavy atom. The van der Waals surface area contributed by atoms with E-state index in [2.05, 4.69) is 108 Å². The summed E-state index contributed by atoms with van der Waals surface area (Å²) in [5, 5.41) is 14.4. The Hall–Kier alpha value is -9.91. The fraction of sp³-hybridized carbons (Fsp3) is 0.0822. The number of aromatic nitrogens is 2. The van der Waals surface area contributed by atoms with E-state index in [1.165, 1.54) is 12.1 Å². The maximum Gasteiger partial charge on any atom is 0.417 e. The van der Waals surface area contributed by atoms with Gasteiger partial charge in [-0.15, -0.1) is 0 Å². The van der Waals surface area contributed by atoms with E-state index in [-0.39, 0.29) is 11.1 Å². The molecule has 3 nitrogen and oxygen atoms in total. The second-order valence-electron chi connectivity index (χ2n) is 21.4. The summed E-state index contributed by atoms with van der Waals surface area (Å²) < 4.78 is 95.8. The first-order valence-corrected chi connectivity index (χ1v) is 26.9. The second kappa shape index (κ2) is 19.7. The van der Waals surface area contributed by atoms with Crippen molar-refractivity contribution in [3.63, 3.8) is 0 Å². The van der Waals surface area contributed by atoms with Gasteiger partial charge in [0.1, 0.15) is 0 Å². The molecule has 0 aliphatic heterocycles. The van der Waals surface area contributed by atoms with Crippen LogP contribution >= 0.6 is 0 Å². The molecule has 0 spiro atoms. The van der Waals surface area contributed by atoms with Gasteiger partial charge in [-0.25, -0.2) is 0 Å². The van der Waals surface area contributed by atoms with Crippen molar-refractivity contribution in [3.05, 3.63) is 263 Å². The molecule has 398 valence electrons. The summed E-state index contributed by atoms with van der Waals surface area (Å²) in [6.07, 6.45) is -10.3. The molecule has 2 heterocycles. The maximum atomic E-state index is 15.3. The van der Waals surface area contributed by atoms with E-state index in [1.54, 1.807) is 18.2 Å². The van der Waals surface area contributed by atoms with Gasteiger partial charge in [0.05, 0.1) is 56.2 Å². The quantitative estimate of drug-likeness (QED) is 0.140. The molecule has 0 aliphatic rings. The number of nitrogens with zero attached hydrogens (tertiary/aromatic N) is 3. The van der Waals surface area contributed by atoms with Crippen LogP contribution in [0.3, 0.4) is 0 Å². The standard InChI is InChI=1S/C73H49F6N3/c1-43-10-5-14-48(32-43)52-21-27-66-58(37-52)59-38-53(49-15-6-11-44(2)33-49)22-28-67(59)81(66)65-26-20-47(42-80)36-57(65)62-41-56(71-63(72(74,75)76)18-9-19-64(71)73(77,78)79)25-31-70(62)82-68-29-23-54(50-16-7-12-45(3)34-50)39-60(68)61-40-55(24-30-69(61)82)51-17-8-13-46(4)35-51/h5-41H,1-4H3. The van der Waals surface area contributed by atoms with Crippen molar-refractivity contribution < 1.29 is 26.3 Å². The molecule has 82 heavy (non-hydrogen) atoms. The van der Waals surface area contributed by atoms with Gasteiger partial charge in [-0.05, 0) is 169 Å². The molecule has 0 fully saturated rings. The van der Waals surface area contributed by atoms with Crippen LogP contribution in [0, 0.1) is 39.0 Å². The molecule has 2 aromatic heterocycles. The second-order valence-corrected chi connectivity index (χ2v) is 21.4. The number of alkyl halides is 6. The van der Waals surface area contributed by atoms with Crippen LogP contribution in [-0.4, -0.2) is 9.13 Å². The minimum absolute atomic E-state index is 0.235. The number of hydrogen-bond donors (Lipinski definition) is 0. The fourth-order valence-corrected chi connectivity index (χ4v) is 12.0. The Bertz CT molecular complexity index is 4560. The van der Waals surface area contributed by atoms with Crippen molar-refractivity contribution in [1.82, 2.24) is 9.13 Å². The molecular weight excluding hydrogens is 1030 g/mol. The van der Waals surface area contributed by atoms with Crippen molar-refractivity contribution >= 4 is 43.6 Å². The zero-order valence-corrected chi connectivity index (χ0v) is 45.0. The lowest BCUT2D eigenvalue weighted by Gasteiger charge is -2.22. The molecule has 0 aliphatic carbocycles. The summed E-state index contributed by atoms with van der Waals surface area (Å²) in [6, 6.07) is 72.1. The first kappa shape index (κ1) is 51.5. The Balaban J connectivity index is 1.15. The van der Waals surface area contributed by atoms with Crippen molar-refractivity contribution in [3.8, 4) is 84.2 Å². The number of hydrogen-bond acceptors (Lipinski definition) is 1. The summed E-state index contributed by atoms with van der Waals surface area (Å²) in [4.78, 5) is 0. The van der Waals surface area contributed by atoms with Crippen molar-refractivity contribution in [2.75, 3.05) is 0 Å². The predicted octanol–water partition coefficient (Wildman–Crippen LogP) is 21.0. The summed E-state index contributed by atoms with van der Waals surface area (Å²) in [6.45, 7) is 8.18. The lowest BCUT2D eigenvalue weighted by Crippen LogP contribution is -2.14. The number of benzene rings is 11. The molecule has 0 radical (unpaired) electrons. The third-order valence-electron chi connectivity index (χ3n) is 15.8. The highest BCUT2D eigenvalue weighted by atomic mass is 19.4. The normalized spacial score (nSPS) is 12.0. The lowest BCUT2D eigenvalue weighted by atomic mass is 9.90. The number of aryl methyl sites for hydroxylation is 4. The van der Waals surface area contributed by atoms with Crippen LogP contribution in [0.1, 0.15) is 38.9 Å². The van der Waals surface area contributed by atoms with Gasteiger partial charge in [0.2, 0.25) is 0 Å². The molecule has 0 amide bonds. The maximum absolute atomic E-state index is 15.3. The topological polar surface area (TPSA) is 33.6 Å². The molecule has 9 heteroatoms. The van der Waals surface area contributed by atoms with Gasteiger partial charge in [-0.1, -0.05) is 156 Å². The predicted molar refractivity (Wildman–Crippen MR) is 321 cm³/mol. The number of halogens is 6. The van der Waals surface area contributed by atoms with E-state index in [9.17, 15) is 5.26 Å². The van der Waals surface area contributed by atoms with Crippen LogP contribution in [-0.2, 0) is 12.4 Å². The summed E-state index contributed by atoms with van der Waals surface area (Å²) in [5.41, 5.74) is 13.2. The van der Waals surface area contributed by atoms with E-state index in [4.69, 9.17) is 0 Å². The molecule has 0 saturated carbocycles. The first-order valence-electron chi connectivity index (χ1n) is 26.9. The van der Waals surface area contributed by atoms with Crippen molar-refractivity contribution in [2.45, 2.75) is 40.0 Å². The molecule has 0 bridgehead atoms. The van der Waals surface area contributed by atoms with Gasteiger partial charge >= 0.3 is 12.4 Å². The Labute approximate surface area is 469 Å². The van der Waals surface area contributed by atoms with Crippen LogP contribution in [0.15, 0.2) is 224 Å². The van der Waals surface area contributed by atoms with Crippen LogP contribution in [0.5, 0.6) is 0 Å². The van der Waals surface area contributed by atoms with Gasteiger partial charge in [-0.2, -0.15) is 31.6 Å². The SMILES string of the molecule is Cc1cccc(-c2ccc3c(c2)c2cc(-c4cccc(C)c4)ccc2n3-c2ccc(C#N)cc2-c2cc(-c3c(C(F)(F)F)cccc3C(F)(F)F)ccc2-n2c3ccc(-c4cccc(C)c4)cc3c3cc(-c4cccc(C)c4)ccc32)c1. The van der Waals surface area contributed by atoms with Gasteiger partial charge in [-0.3, -0.25) is 0 Å². The highest BCUT2D eigenvalue weighted by Crippen LogP contribution is 2.49. The summed E-state index contributed by atoms with van der Waals surface area (Å²) in [7, 11) is 0. The zero-order valence-electron chi connectivity index (χ0n) is 45.0. The van der Waals surface area contributed by atoms with Crippen LogP contribution < -0.4 is 0 Å². The van der Waals surface area contributed by atoms with Gasteiger partial charge in [0, 0.05) is 38.2 Å². The molecule has 13 aromatic rings. The summed E-state index contributed by atoms with van der Waals surface area (Å²) in [5.74, 6) is 0. The molecule has 11 aromatic carbocycles. The molecule has 13 rings (SSSR count). The Kier molecular flexibility index (Phi) is 12.4. The van der Waals surface area contributed by atoms with Crippen LogP contribution in [0.25, 0.3) is 122 Å². The Morgan fingerprint density at radius 3 is 0.951 bits per heavy atom. The number of rotatable bonds is 8. The first-order chi connectivity index (χ1) is 39.5. The van der Waals surface area contributed by atoms with E-state index in [0.717, 1.165) is 116 Å². The van der Waals surface area contributed by atoms with E-state index in [1.807, 2.05) is 111 Å². The number of fused-ring (bicyclic) bond motifs is 6. The molecule has 0 unspecified atom stereocenters. The zero-order chi connectivity index (χ0) is 56.8. The van der Waals surface area contributed by atoms with Crippen LogP contribution in [0.4, 0.5) is 26.3 Å². The average molecular weight is 1080 g/mol. The third kappa shape index (κ3) is 9.07. The molecule has 0 atom stereocenters. The van der Waals surface area contributed by atoms with Gasteiger partial charge < -0.3 is 9.13 Å². The van der Waals surface area contributed by atoms with Crippen LogP contribution in [0.2, 0.25) is 0 Å². The van der Waals surface area contributed by atoms with E-state index in [0.29, 0.717) is 34.6 Å².